The highest BCUT2D eigenvalue weighted by atomic mass is 31.3. The van der Waals surface area contributed by atoms with Crippen molar-refractivity contribution in [1.29, 1.82) is 0 Å². The lowest BCUT2D eigenvalue weighted by Crippen LogP contribution is -2.73. The Labute approximate surface area is 294 Å². The van der Waals surface area contributed by atoms with Crippen molar-refractivity contribution >= 4 is 52.1 Å². The zero-order valence-corrected chi connectivity index (χ0v) is 29.6. The van der Waals surface area contributed by atoms with Crippen molar-refractivity contribution < 1.29 is 85.8 Å². The summed E-state index contributed by atoms with van der Waals surface area (Å²) in [5, 5.41) is 59.0. The van der Waals surface area contributed by atoms with Gasteiger partial charge >= 0.3 is 0 Å². The highest BCUT2D eigenvalue weighted by molar-refractivity contribution is 7.67. The molecule has 3 aliphatic heterocycles. The van der Waals surface area contributed by atoms with E-state index in [1.54, 1.807) is 0 Å². The number of aliphatic hydroxyl groups is 4. The number of rotatable bonds is 12. The van der Waals surface area contributed by atoms with Gasteiger partial charge in [-0.15, -0.1) is 0 Å². The second-order valence-electron chi connectivity index (χ2n) is 11.8. The first-order chi connectivity index (χ1) is 24.6. The topological polar surface area (TPSA) is 429 Å². The average molecular weight is 815 g/mol. The Balaban J connectivity index is 1.16. The molecular weight excluding hydrogens is 785 g/mol. The number of methoxy groups -OCH3 is 1. The molecule has 6 rings (SSSR count). The number of aryl methyl sites for hydroxylation is 1. The van der Waals surface area contributed by atoms with E-state index in [0.29, 0.717) is 0 Å². The van der Waals surface area contributed by atoms with E-state index in [-0.39, 0.29) is 28.6 Å². The van der Waals surface area contributed by atoms with E-state index in [1.807, 2.05) is 0 Å². The Morgan fingerprint density at radius 1 is 1.17 bits per heavy atom. The number of aromatic nitrogens is 6. The number of nitrogens with zero attached hydrogens (tertiary/aromatic N) is 6. The van der Waals surface area contributed by atoms with Gasteiger partial charge in [-0.05, 0) is 0 Å². The molecule has 0 aromatic carbocycles. The molecule has 6 heterocycles. The van der Waals surface area contributed by atoms with Gasteiger partial charge in [-0.3, -0.25) is 32.4 Å². The van der Waals surface area contributed by atoms with Crippen molar-refractivity contribution in [2.24, 2.45) is 17.8 Å². The van der Waals surface area contributed by atoms with Crippen molar-refractivity contribution in [3.05, 3.63) is 28.7 Å². The van der Waals surface area contributed by atoms with E-state index in [0.717, 1.165) is 28.9 Å². The molecule has 0 aliphatic carbocycles. The third-order valence-corrected chi connectivity index (χ3v) is 13.3. The molecule has 31 heteroatoms. The molecule has 11 atom stereocenters. The van der Waals surface area contributed by atoms with Crippen LogP contribution < -0.4 is 46.7 Å². The normalized spacial score (nSPS) is 32.7. The fourth-order valence-electron chi connectivity index (χ4n) is 6.08. The summed E-state index contributed by atoms with van der Waals surface area (Å²) in [4.78, 5) is 64.0. The first-order valence-electron chi connectivity index (χ1n) is 14.7. The van der Waals surface area contributed by atoms with E-state index < -0.39 is 103 Å². The van der Waals surface area contributed by atoms with E-state index >= 15 is 0 Å². The number of hydrogen-bond acceptors (Lipinski definition) is 24. The zero-order chi connectivity index (χ0) is 39.1. The minimum absolute atomic E-state index is 0.112. The fraction of sp³-hybridized carbons (Fsp3) is 0.591. The minimum atomic E-state index is -6.57. The van der Waals surface area contributed by atoms with Gasteiger partial charge in [0, 0.05) is 13.3 Å². The van der Waals surface area contributed by atoms with Gasteiger partial charge < -0.3 is 75.0 Å². The molecule has 0 amide bonds. The number of nitrogens with two attached hydrogens (primary N) is 2. The van der Waals surface area contributed by atoms with Crippen LogP contribution in [0.2, 0.25) is 0 Å². The molecule has 3 aromatic rings. The first kappa shape index (κ1) is 39.5. The number of guanidine groups is 1. The summed E-state index contributed by atoms with van der Waals surface area (Å²) < 4.78 is 69.6. The number of imidazole rings is 2. The van der Waals surface area contributed by atoms with Crippen LogP contribution in [0.15, 0.2) is 22.4 Å². The van der Waals surface area contributed by atoms with Crippen molar-refractivity contribution in [2.75, 3.05) is 38.0 Å². The highest BCUT2D eigenvalue weighted by Gasteiger charge is 2.68. The largest absolute Gasteiger partial charge is 0.829 e. The molecule has 0 spiro atoms. The lowest BCUT2D eigenvalue weighted by Gasteiger charge is -2.45. The van der Waals surface area contributed by atoms with E-state index in [1.165, 1.54) is 11.6 Å². The van der Waals surface area contributed by atoms with Gasteiger partial charge in [0.05, 0.1) is 26.6 Å². The second kappa shape index (κ2) is 13.5. The molecule has 0 saturated carbocycles. The standard InChI is InChI=1S/C22H33N10O18P3/c1-30-7-32(14-10(30)16(36)29-20(24)27-14)22(38)5-46-4-21(22,45-2)18(37)51(39,40)49-53(43,44)50-52(41,42)47-3-8-11(33)12(34)17(48-8)31-6-25-9-13(31)26-19(23)28-15(9)35/h6-8,11-12,16-18,33-34,37-38H,3-5H2,1-2H3,(H,39,40)(H,41,42)(H,43,44)(H3,24,27,29)(H3,23,26,28,35)/p-3/t8-,11?,12+,16?,17-,18?,21?,22+/m1/s1. The molecule has 7 unspecified atom stereocenters. The predicted octanol–water partition coefficient (Wildman–Crippen LogP) is -7.33. The maximum Gasteiger partial charge on any atom is 0.280 e. The first-order valence-corrected chi connectivity index (χ1v) is 19.2. The number of aliphatic hydroxyl groups excluding tert-OH is 3. The summed E-state index contributed by atoms with van der Waals surface area (Å²) in [6.07, 6.45) is -6.76. The number of aliphatic imine (C=N–C) groups is 1. The number of hydrogen-bond donors (Lipinski definition) is 8. The molecule has 3 aromatic heterocycles. The molecule has 10 N–H and O–H groups in total. The summed E-state index contributed by atoms with van der Waals surface area (Å²) in [7, 11) is -16.9. The zero-order valence-electron chi connectivity index (χ0n) is 26.9. The van der Waals surface area contributed by atoms with Gasteiger partial charge in [-0.2, -0.15) is 4.98 Å². The molecule has 3 aliphatic rings. The number of phosphoric acid groups is 2. The van der Waals surface area contributed by atoms with Crippen LogP contribution >= 0.6 is 23.2 Å². The minimum Gasteiger partial charge on any atom is -0.829 e. The number of ether oxygens (including phenoxy) is 3. The molecule has 0 radical (unpaired) electrons. The van der Waals surface area contributed by atoms with Crippen molar-refractivity contribution in [1.82, 2.24) is 24.1 Å². The summed E-state index contributed by atoms with van der Waals surface area (Å²) in [6, 6.07) is 0. The Morgan fingerprint density at radius 3 is 2.55 bits per heavy atom. The maximum absolute atomic E-state index is 13.2. The SMILES string of the molecule is COC1(C(O)P(=O)([O-])OP(=O)([O-])OP(=O)([O-])OC[C@H]2O[C@@H](n3cnc4c(=O)[nH]c(N)nc43)[C@@H](O)C2O)COC[C@@]1(O)[n+]1cn(C)c2c1NC(N)=NC2[O-]. The van der Waals surface area contributed by atoms with Crippen LogP contribution in [-0.2, 0) is 53.8 Å². The summed E-state index contributed by atoms with van der Waals surface area (Å²) in [6.45, 7) is -3.02. The predicted molar refractivity (Wildman–Crippen MR) is 160 cm³/mol. The van der Waals surface area contributed by atoms with Crippen LogP contribution in [-0.4, -0.2) is 107 Å². The Morgan fingerprint density at radius 2 is 1.87 bits per heavy atom. The number of H-pyrrole nitrogens is 1. The number of nitrogen functional groups attached to an aromatic ring is 1. The number of fused-ring (bicyclic) bond motifs is 2. The molecule has 294 valence electrons. The molecular formula is C22H30N10O18P3-3. The highest BCUT2D eigenvalue weighted by Crippen LogP contribution is 2.66. The molecule has 53 heavy (non-hydrogen) atoms. The van der Waals surface area contributed by atoms with Gasteiger partial charge in [0.2, 0.25) is 11.7 Å². The van der Waals surface area contributed by atoms with Gasteiger partial charge in [-0.25, -0.2) is 24.2 Å². The van der Waals surface area contributed by atoms with Crippen LogP contribution in [0.3, 0.4) is 0 Å². The van der Waals surface area contributed by atoms with Crippen LogP contribution in [0.5, 0.6) is 0 Å². The smallest absolute Gasteiger partial charge is 0.280 e. The van der Waals surface area contributed by atoms with Crippen molar-refractivity contribution in [2.45, 2.75) is 47.9 Å². The second-order valence-corrected chi connectivity index (χ2v) is 16.7. The maximum atomic E-state index is 13.2. The lowest BCUT2D eigenvalue weighted by molar-refractivity contribution is -0.809. The molecule has 0 bridgehead atoms. The van der Waals surface area contributed by atoms with Crippen LogP contribution in [0, 0.1) is 0 Å². The van der Waals surface area contributed by atoms with E-state index in [9.17, 15) is 58.7 Å². The van der Waals surface area contributed by atoms with Crippen molar-refractivity contribution in [3.63, 3.8) is 0 Å². The summed E-state index contributed by atoms with van der Waals surface area (Å²) in [5.41, 5.74) is 4.30. The Kier molecular flexibility index (Phi) is 10.1. The summed E-state index contributed by atoms with van der Waals surface area (Å²) >= 11 is 0. The average Bonchev–Trinajstić information content (AvgIpc) is 3.78. The fourth-order valence-corrected chi connectivity index (χ4v) is 10.3. The van der Waals surface area contributed by atoms with Gasteiger partial charge in [0.15, 0.2) is 48.5 Å². The molecule has 2 fully saturated rings. The number of phosphoric ester groups is 1. The molecule has 28 nitrogen and oxygen atoms in total. The third kappa shape index (κ3) is 6.74. The number of anilines is 2. The summed E-state index contributed by atoms with van der Waals surface area (Å²) in [5.74, 6) is -4.12. The number of nitrogens with one attached hydrogen (secondary N) is 2. The monoisotopic (exact) mass is 815 g/mol. The van der Waals surface area contributed by atoms with Crippen LogP contribution in [0.25, 0.3) is 11.2 Å². The van der Waals surface area contributed by atoms with Crippen LogP contribution in [0.4, 0.5) is 11.8 Å². The number of aromatic amines is 1. The van der Waals surface area contributed by atoms with Crippen LogP contribution in [0.1, 0.15) is 18.1 Å². The lowest BCUT2D eigenvalue weighted by atomic mass is 9.93. The Hall–Kier alpha value is -3.24. The Bertz CT molecular complexity index is 2160. The quantitative estimate of drug-likeness (QED) is 0.0622. The van der Waals surface area contributed by atoms with E-state index in [2.05, 4.69) is 38.4 Å². The molecule has 2 saturated heterocycles. The third-order valence-electron chi connectivity index (χ3n) is 8.54. The van der Waals surface area contributed by atoms with Gasteiger partial charge in [-0.1, -0.05) is 0 Å². The van der Waals surface area contributed by atoms with Gasteiger partial charge in [0.25, 0.3) is 33.0 Å². The van der Waals surface area contributed by atoms with Gasteiger partial charge in [0.1, 0.15) is 24.9 Å². The van der Waals surface area contributed by atoms with Crippen molar-refractivity contribution in [3.8, 4) is 0 Å². The van der Waals surface area contributed by atoms with E-state index in [4.69, 9.17) is 25.7 Å².